The van der Waals surface area contributed by atoms with Gasteiger partial charge >= 0.3 is 6.18 Å². The zero-order valence-electron chi connectivity index (χ0n) is 15.5. The summed E-state index contributed by atoms with van der Waals surface area (Å²) >= 11 is 1.17. The van der Waals surface area contributed by atoms with E-state index >= 15 is 0 Å². The number of rotatable bonds is 3. The number of halogens is 3. The van der Waals surface area contributed by atoms with Crippen LogP contribution in [0.1, 0.15) is 26.5 Å². The maximum Gasteiger partial charge on any atom is 0.418 e. The van der Waals surface area contributed by atoms with E-state index < -0.39 is 17.6 Å². The van der Waals surface area contributed by atoms with Crippen molar-refractivity contribution in [2.75, 3.05) is 5.32 Å². The molecule has 1 aromatic carbocycles. The molecule has 0 saturated carbocycles. The highest BCUT2D eigenvalue weighted by Crippen LogP contribution is 2.38. The molecule has 148 valence electrons. The van der Waals surface area contributed by atoms with Crippen LogP contribution >= 0.6 is 11.3 Å². The lowest BCUT2D eigenvalue weighted by atomic mass is 10.1. The van der Waals surface area contributed by atoms with Crippen molar-refractivity contribution in [3.05, 3.63) is 76.6 Å². The van der Waals surface area contributed by atoms with Gasteiger partial charge in [0.1, 0.15) is 9.71 Å². The van der Waals surface area contributed by atoms with Gasteiger partial charge in [0.2, 0.25) is 0 Å². The van der Waals surface area contributed by atoms with Crippen LogP contribution in [-0.2, 0) is 6.18 Å². The van der Waals surface area contributed by atoms with Gasteiger partial charge in [0.15, 0.2) is 0 Å². The molecule has 3 heterocycles. The number of para-hydroxylation sites is 1. The molecule has 29 heavy (non-hydrogen) atoms. The number of hydrogen-bond acceptors (Lipinski definition) is 3. The maximum atomic E-state index is 13.3. The second kappa shape index (κ2) is 7.04. The summed E-state index contributed by atoms with van der Waals surface area (Å²) in [6.07, 6.45) is -0.981. The topological polar surface area (TPSA) is 46.9 Å². The first-order valence-corrected chi connectivity index (χ1v) is 9.59. The summed E-state index contributed by atoms with van der Waals surface area (Å²) in [5.74, 6) is -0.606. The van der Waals surface area contributed by atoms with Crippen molar-refractivity contribution in [3.63, 3.8) is 0 Å². The van der Waals surface area contributed by atoms with E-state index in [4.69, 9.17) is 0 Å². The van der Waals surface area contributed by atoms with E-state index in [9.17, 15) is 18.0 Å². The third kappa shape index (κ3) is 3.51. The van der Waals surface area contributed by atoms with Gasteiger partial charge < -0.3 is 9.88 Å². The predicted octanol–water partition coefficient (Wildman–Crippen LogP) is 5.97. The molecular formula is C21H16F3N3OS. The molecule has 4 rings (SSSR count). The highest BCUT2D eigenvalue weighted by Gasteiger charge is 2.34. The van der Waals surface area contributed by atoms with Gasteiger partial charge in [0.25, 0.3) is 5.91 Å². The Kier molecular flexibility index (Phi) is 4.66. The molecule has 0 spiro atoms. The molecule has 0 aliphatic carbocycles. The molecule has 0 aliphatic heterocycles. The number of amides is 1. The number of benzene rings is 1. The van der Waals surface area contributed by atoms with Gasteiger partial charge in [-0.1, -0.05) is 12.1 Å². The van der Waals surface area contributed by atoms with E-state index in [1.807, 2.05) is 32.0 Å². The molecule has 3 aromatic heterocycles. The Morgan fingerprint density at radius 3 is 2.48 bits per heavy atom. The van der Waals surface area contributed by atoms with Crippen molar-refractivity contribution < 1.29 is 18.0 Å². The van der Waals surface area contributed by atoms with Gasteiger partial charge in [0, 0.05) is 23.5 Å². The normalized spacial score (nSPS) is 11.8. The van der Waals surface area contributed by atoms with Crippen molar-refractivity contribution in [2.45, 2.75) is 20.0 Å². The molecule has 0 atom stereocenters. The quantitative estimate of drug-likeness (QED) is 0.448. The van der Waals surface area contributed by atoms with Crippen molar-refractivity contribution >= 4 is 33.1 Å². The SMILES string of the molecule is Cc1cc(C)c2c(-n3cccc3)c(C(=O)Nc3ccccc3C(F)(F)F)sc2n1. The third-order valence-electron chi connectivity index (χ3n) is 4.51. The van der Waals surface area contributed by atoms with E-state index in [0.29, 0.717) is 15.4 Å². The molecule has 8 heteroatoms. The van der Waals surface area contributed by atoms with Crippen molar-refractivity contribution in [1.29, 1.82) is 0 Å². The van der Waals surface area contributed by atoms with Crippen LogP contribution in [0.3, 0.4) is 0 Å². The first-order valence-electron chi connectivity index (χ1n) is 8.77. The van der Waals surface area contributed by atoms with Crippen LogP contribution in [-0.4, -0.2) is 15.5 Å². The molecular weight excluding hydrogens is 399 g/mol. The van der Waals surface area contributed by atoms with E-state index in [2.05, 4.69) is 10.3 Å². The largest absolute Gasteiger partial charge is 0.418 e. The molecule has 0 radical (unpaired) electrons. The Labute approximate surface area is 168 Å². The average molecular weight is 415 g/mol. The molecule has 0 fully saturated rings. The summed E-state index contributed by atoms with van der Waals surface area (Å²) in [4.78, 5) is 18.6. The third-order valence-corrected chi connectivity index (χ3v) is 5.58. The van der Waals surface area contributed by atoms with Crippen LogP contribution in [0.2, 0.25) is 0 Å². The van der Waals surface area contributed by atoms with Crippen molar-refractivity contribution in [2.24, 2.45) is 0 Å². The summed E-state index contributed by atoms with van der Waals surface area (Å²) in [7, 11) is 0. The van der Waals surface area contributed by atoms with Gasteiger partial charge in [0.05, 0.1) is 16.9 Å². The minimum absolute atomic E-state index is 0.276. The molecule has 4 aromatic rings. The Hall–Kier alpha value is -3.13. The van der Waals surface area contributed by atoms with Crippen LogP contribution in [0, 0.1) is 13.8 Å². The Morgan fingerprint density at radius 2 is 1.79 bits per heavy atom. The van der Waals surface area contributed by atoms with E-state index in [-0.39, 0.29) is 5.69 Å². The molecule has 0 unspecified atom stereocenters. The standard InChI is InChI=1S/C21H16F3N3OS/c1-12-11-13(2)25-20-16(12)17(27-9-5-6-10-27)18(29-20)19(28)26-15-8-4-3-7-14(15)21(22,23)24/h3-11H,1-2H3,(H,26,28). The van der Waals surface area contributed by atoms with Crippen molar-refractivity contribution in [3.8, 4) is 5.69 Å². The molecule has 0 saturated heterocycles. The number of carbonyl (C=O) groups is 1. The first kappa shape index (κ1) is 19.2. The number of thiophene rings is 1. The Morgan fingerprint density at radius 1 is 1.10 bits per heavy atom. The number of anilines is 1. The van der Waals surface area contributed by atoms with E-state index in [1.165, 1.54) is 29.5 Å². The van der Waals surface area contributed by atoms with Crippen LogP contribution in [0.15, 0.2) is 54.9 Å². The molecule has 0 bridgehead atoms. The van der Waals surface area contributed by atoms with Gasteiger partial charge in [-0.2, -0.15) is 13.2 Å². The number of carbonyl (C=O) groups excluding carboxylic acids is 1. The molecule has 4 nitrogen and oxygen atoms in total. The summed E-state index contributed by atoms with van der Waals surface area (Å²) in [5.41, 5.74) is 1.21. The van der Waals surface area contributed by atoms with Gasteiger partial charge in [-0.25, -0.2) is 4.98 Å². The number of aryl methyl sites for hydroxylation is 2. The highest BCUT2D eigenvalue weighted by atomic mass is 32.1. The fourth-order valence-corrected chi connectivity index (χ4v) is 4.52. The Bertz CT molecular complexity index is 1210. The number of pyridine rings is 1. The molecule has 1 N–H and O–H groups in total. The first-order chi connectivity index (χ1) is 13.8. The smallest absolute Gasteiger partial charge is 0.322 e. The minimum Gasteiger partial charge on any atom is -0.322 e. The summed E-state index contributed by atoms with van der Waals surface area (Å²) in [5, 5.41) is 3.25. The maximum absolute atomic E-state index is 13.3. The molecule has 1 amide bonds. The monoisotopic (exact) mass is 415 g/mol. The minimum atomic E-state index is -4.57. The number of fused-ring (bicyclic) bond motifs is 1. The zero-order valence-corrected chi connectivity index (χ0v) is 16.4. The van der Waals surface area contributed by atoms with Gasteiger partial charge in [-0.3, -0.25) is 4.79 Å². The van der Waals surface area contributed by atoms with Crippen LogP contribution in [0.5, 0.6) is 0 Å². The lowest BCUT2D eigenvalue weighted by molar-refractivity contribution is -0.136. The fourth-order valence-electron chi connectivity index (χ4n) is 3.33. The second-order valence-electron chi connectivity index (χ2n) is 6.63. The van der Waals surface area contributed by atoms with Gasteiger partial charge in [-0.05, 0) is 49.7 Å². The van der Waals surface area contributed by atoms with E-state index in [1.54, 1.807) is 17.0 Å². The number of nitrogens with zero attached hydrogens (tertiary/aromatic N) is 2. The number of nitrogens with one attached hydrogen (secondary N) is 1. The Balaban J connectivity index is 1.86. The van der Waals surface area contributed by atoms with Gasteiger partial charge in [-0.15, -0.1) is 11.3 Å². The summed E-state index contributed by atoms with van der Waals surface area (Å²) in [6.45, 7) is 3.79. The fraction of sp³-hybridized carbons (Fsp3) is 0.143. The summed E-state index contributed by atoms with van der Waals surface area (Å²) < 4.78 is 41.7. The van der Waals surface area contributed by atoms with Crippen LogP contribution in [0.4, 0.5) is 18.9 Å². The van der Waals surface area contributed by atoms with Crippen molar-refractivity contribution in [1.82, 2.24) is 9.55 Å². The molecule has 0 aliphatic rings. The highest BCUT2D eigenvalue weighted by molar-refractivity contribution is 7.21. The summed E-state index contributed by atoms with van der Waals surface area (Å²) in [6, 6.07) is 10.5. The van der Waals surface area contributed by atoms with E-state index in [0.717, 1.165) is 22.7 Å². The number of aromatic nitrogens is 2. The van der Waals surface area contributed by atoms with Crippen LogP contribution in [0.25, 0.3) is 15.9 Å². The lowest BCUT2D eigenvalue weighted by Gasteiger charge is -2.14. The number of hydrogen-bond donors (Lipinski definition) is 1. The zero-order chi connectivity index (χ0) is 20.8. The second-order valence-corrected chi connectivity index (χ2v) is 7.63. The predicted molar refractivity (Wildman–Crippen MR) is 108 cm³/mol. The lowest BCUT2D eigenvalue weighted by Crippen LogP contribution is -2.17. The average Bonchev–Trinajstić information content (AvgIpc) is 3.28. The number of alkyl halides is 3. The van der Waals surface area contributed by atoms with Crippen LogP contribution < -0.4 is 5.32 Å².